The molecule has 108 valence electrons. The molecule has 4 heteroatoms. The number of aryl methyl sites for hydroxylation is 1. The van der Waals surface area contributed by atoms with E-state index in [-0.39, 0.29) is 11.3 Å². The second kappa shape index (κ2) is 4.73. The quantitative estimate of drug-likeness (QED) is 0.649. The predicted octanol–water partition coefficient (Wildman–Crippen LogP) is 3.18. The third-order valence-corrected chi connectivity index (χ3v) is 5.48. The summed E-state index contributed by atoms with van der Waals surface area (Å²) in [6.45, 7) is 0. The van der Waals surface area contributed by atoms with Crippen molar-refractivity contribution >= 4 is 11.8 Å². The van der Waals surface area contributed by atoms with Crippen molar-refractivity contribution in [2.24, 2.45) is 5.41 Å². The van der Waals surface area contributed by atoms with Gasteiger partial charge in [-0.05, 0) is 54.9 Å². The highest BCUT2D eigenvalue weighted by Gasteiger charge is 2.42. The summed E-state index contributed by atoms with van der Waals surface area (Å²) in [4.78, 5) is 8.82. The van der Waals surface area contributed by atoms with Gasteiger partial charge in [0.15, 0.2) is 5.16 Å². The van der Waals surface area contributed by atoms with Crippen LogP contribution in [0.15, 0.2) is 29.4 Å². The average molecular weight is 298 g/mol. The van der Waals surface area contributed by atoms with E-state index in [9.17, 15) is 5.11 Å². The molecule has 0 bridgehead atoms. The average Bonchev–Trinajstić information content (AvgIpc) is 2.85. The number of hydrogen-bond acceptors (Lipinski definition) is 4. The topological polar surface area (TPSA) is 46.0 Å². The van der Waals surface area contributed by atoms with Crippen LogP contribution in [0, 0.1) is 5.41 Å². The number of fused-ring (bicyclic) bond motifs is 2. The number of aromatic hydroxyl groups is 1. The Morgan fingerprint density at radius 1 is 1.10 bits per heavy atom. The van der Waals surface area contributed by atoms with E-state index in [2.05, 4.69) is 34.2 Å². The molecule has 0 radical (unpaired) electrons. The molecular formula is C17H18N2OS. The Kier molecular flexibility index (Phi) is 2.96. The van der Waals surface area contributed by atoms with Crippen LogP contribution in [0.1, 0.15) is 28.8 Å². The first-order valence-electron chi connectivity index (χ1n) is 7.39. The number of aromatic nitrogens is 2. The van der Waals surface area contributed by atoms with Gasteiger partial charge in [-0.1, -0.05) is 36.0 Å². The lowest BCUT2D eigenvalue weighted by atomic mass is 9.70. The number of rotatable bonds is 1. The van der Waals surface area contributed by atoms with Crippen LogP contribution in [-0.4, -0.2) is 21.3 Å². The number of thioether (sulfide) groups is 1. The van der Waals surface area contributed by atoms with E-state index in [1.807, 2.05) is 6.26 Å². The van der Waals surface area contributed by atoms with Crippen LogP contribution in [-0.2, 0) is 25.7 Å². The van der Waals surface area contributed by atoms with Gasteiger partial charge in [0.05, 0.1) is 5.69 Å². The van der Waals surface area contributed by atoms with Gasteiger partial charge in [-0.15, -0.1) is 0 Å². The predicted molar refractivity (Wildman–Crippen MR) is 83.8 cm³/mol. The summed E-state index contributed by atoms with van der Waals surface area (Å²) in [5.74, 6) is 0.195. The SMILES string of the molecule is CSc1nc(O)c2c(n1)C[C@@]1(CCc3ccccc3C1)C2. The first-order valence-corrected chi connectivity index (χ1v) is 8.61. The molecule has 0 unspecified atom stereocenters. The Morgan fingerprint density at radius 3 is 2.71 bits per heavy atom. The Morgan fingerprint density at radius 2 is 1.90 bits per heavy atom. The van der Waals surface area contributed by atoms with E-state index < -0.39 is 0 Å². The summed E-state index contributed by atoms with van der Waals surface area (Å²) >= 11 is 1.49. The summed E-state index contributed by atoms with van der Waals surface area (Å²) in [5, 5.41) is 10.9. The van der Waals surface area contributed by atoms with Crippen molar-refractivity contribution in [1.82, 2.24) is 9.97 Å². The Hall–Kier alpha value is -1.55. The summed E-state index contributed by atoms with van der Waals surface area (Å²) < 4.78 is 0. The molecule has 0 saturated carbocycles. The zero-order valence-corrected chi connectivity index (χ0v) is 12.9. The molecule has 2 aliphatic carbocycles. The monoisotopic (exact) mass is 298 g/mol. The molecule has 0 saturated heterocycles. The summed E-state index contributed by atoms with van der Waals surface area (Å²) in [7, 11) is 0. The fraction of sp³-hybridized carbons (Fsp3) is 0.412. The van der Waals surface area contributed by atoms with Gasteiger partial charge >= 0.3 is 0 Å². The van der Waals surface area contributed by atoms with Gasteiger partial charge in [0.25, 0.3) is 0 Å². The van der Waals surface area contributed by atoms with Crippen LogP contribution < -0.4 is 0 Å². The van der Waals surface area contributed by atoms with E-state index in [0.29, 0.717) is 5.16 Å². The second-order valence-electron chi connectivity index (χ2n) is 6.26. The lowest BCUT2D eigenvalue weighted by Crippen LogP contribution is -2.29. The van der Waals surface area contributed by atoms with Gasteiger partial charge in [-0.2, -0.15) is 4.98 Å². The molecule has 21 heavy (non-hydrogen) atoms. The lowest BCUT2D eigenvalue weighted by Gasteiger charge is -2.34. The number of benzene rings is 1. The molecule has 1 N–H and O–H groups in total. The van der Waals surface area contributed by atoms with Crippen LogP contribution >= 0.6 is 11.8 Å². The van der Waals surface area contributed by atoms with Gasteiger partial charge in [-0.25, -0.2) is 4.98 Å². The van der Waals surface area contributed by atoms with Crippen molar-refractivity contribution in [2.75, 3.05) is 6.26 Å². The molecule has 3 nitrogen and oxygen atoms in total. The first kappa shape index (κ1) is 13.1. The minimum absolute atomic E-state index is 0.195. The molecule has 4 rings (SSSR count). The van der Waals surface area contributed by atoms with E-state index in [4.69, 9.17) is 0 Å². The van der Waals surface area contributed by atoms with Gasteiger partial charge in [0.2, 0.25) is 5.88 Å². The van der Waals surface area contributed by atoms with Gasteiger partial charge in [0.1, 0.15) is 0 Å². The molecule has 2 aliphatic rings. The third kappa shape index (κ3) is 2.13. The van der Waals surface area contributed by atoms with Crippen molar-refractivity contribution in [3.8, 4) is 5.88 Å². The van der Waals surface area contributed by atoms with Gasteiger partial charge in [0, 0.05) is 5.56 Å². The number of hydrogen-bond donors (Lipinski definition) is 1. The number of nitrogens with zero attached hydrogens (tertiary/aromatic N) is 2. The van der Waals surface area contributed by atoms with Crippen molar-refractivity contribution in [1.29, 1.82) is 0 Å². The first-order chi connectivity index (χ1) is 10.2. The van der Waals surface area contributed by atoms with E-state index in [1.54, 1.807) is 0 Å². The van der Waals surface area contributed by atoms with Crippen molar-refractivity contribution < 1.29 is 5.11 Å². The van der Waals surface area contributed by atoms with Crippen molar-refractivity contribution in [3.05, 3.63) is 46.6 Å². The molecular weight excluding hydrogens is 280 g/mol. The molecule has 0 amide bonds. The maximum Gasteiger partial charge on any atom is 0.218 e. The molecule has 2 aromatic rings. The van der Waals surface area contributed by atoms with Crippen LogP contribution in [0.25, 0.3) is 0 Å². The summed E-state index contributed by atoms with van der Waals surface area (Å²) in [6.07, 6.45) is 7.23. The zero-order valence-electron chi connectivity index (χ0n) is 12.1. The van der Waals surface area contributed by atoms with E-state index >= 15 is 0 Å². The van der Waals surface area contributed by atoms with Crippen molar-refractivity contribution in [3.63, 3.8) is 0 Å². The molecule has 1 atom stereocenters. The molecule has 0 fully saturated rings. The molecule has 0 aliphatic heterocycles. The molecule has 1 aromatic carbocycles. The maximum absolute atomic E-state index is 10.2. The maximum atomic E-state index is 10.2. The Labute approximate surface area is 128 Å². The fourth-order valence-electron chi connectivity index (χ4n) is 3.87. The lowest BCUT2D eigenvalue weighted by molar-refractivity contribution is 0.259. The minimum Gasteiger partial charge on any atom is -0.493 e. The van der Waals surface area contributed by atoms with E-state index in [0.717, 1.165) is 36.9 Å². The Balaban J connectivity index is 1.70. The normalized spacial score (nSPS) is 23.1. The Bertz CT molecular complexity index is 716. The van der Waals surface area contributed by atoms with Crippen molar-refractivity contribution in [2.45, 2.75) is 37.3 Å². The summed E-state index contributed by atoms with van der Waals surface area (Å²) in [6, 6.07) is 8.75. The van der Waals surface area contributed by atoms with Gasteiger partial charge < -0.3 is 5.11 Å². The van der Waals surface area contributed by atoms with Crippen LogP contribution in [0.3, 0.4) is 0 Å². The van der Waals surface area contributed by atoms with Gasteiger partial charge in [-0.3, -0.25) is 0 Å². The standard InChI is InChI=1S/C17H18N2OS/c1-21-16-18-14-10-17(9-13(14)15(20)19-16)7-6-11-4-2-3-5-12(11)8-17/h2-5H,6-10H2,1H3,(H,18,19,20)/t17-/m1/s1. The molecule has 1 heterocycles. The van der Waals surface area contributed by atoms with Crippen LogP contribution in [0.4, 0.5) is 0 Å². The van der Waals surface area contributed by atoms with E-state index in [1.165, 1.54) is 29.3 Å². The second-order valence-corrected chi connectivity index (χ2v) is 7.03. The highest BCUT2D eigenvalue weighted by molar-refractivity contribution is 7.98. The largest absolute Gasteiger partial charge is 0.493 e. The third-order valence-electron chi connectivity index (χ3n) is 4.94. The zero-order chi connectivity index (χ0) is 14.4. The highest BCUT2D eigenvalue weighted by atomic mass is 32.2. The van der Waals surface area contributed by atoms with Crippen LogP contribution in [0.5, 0.6) is 5.88 Å². The fourth-order valence-corrected chi connectivity index (χ4v) is 4.25. The van der Waals surface area contributed by atoms with Crippen LogP contribution in [0.2, 0.25) is 0 Å². The highest BCUT2D eigenvalue weighted by Crippen LogP contribution is 2.47. The molecule has 1 aromatic heterocycles. The molecule has 1 spiro atoms. The smallest absolute Gasteiger partial charge is 0.218 e. The minimum atomic E-state index is 0.195. The summed E-state index contributed by atoms with van der Waals surface area (Å²) in [5.41, 5.74) is 5.23.